The topological polar surface area (TPSA) is 93.5 Å². The molecule has 1 saturated carbocycles. The monoisotopic (exact) mass is 479 g/mol. The lowest BCUT2D eigenvalue weighted by Crippen LogP contribution is -2.12. The molecular formula is C24H25N5O2S2. The van der Waals surface area contributed by atoms with Crippen LogP contribution in [0.4, 0.5) is 0 Å². The number of benzene rings is 1. The number of para-hydroxylation sites is 1. The summed E-state index contributed by atoms with van der Waals surface area (Å²) in [7, 11) is 0. The molecule has 0 spiro atoms. The first-order valence-corrected chi connectivity index (χ1v) is 13.0. The van der Waals surface area contributed by atoms with Gasteiger partial charge in [0.25, 0.3) is 5.56 Å². The number of ketones is 1. The third kappa shape index (κ3) is 4.39. The summed E-state index contributed by atoms with van der Waals surface area (Å²) in [5, 5.41) is 5.98. The molecule has 0 radical (unpaired) electrons. The number of nitrogens with zero attached hydrogens (tertiary/aromatic N) is 4. The molecule has 4 aromatic rings. The van der Waals surface area contributed by atoms with E-state index in [9.17, 15) is 9.59 Å². The largest absolute Gasteiger partial charge is 0.309 e. The number of fused-ring (bicyclic) bond motifs is 1. The van der Waals surface area contributed by atoms with Crippen molar-refractivity contribution in [3.05, 3.63) is 62.8 Å². The summed E-state index contributed by atoms with van der Waals surface area (Å²) >= 11 is 2.74. The van der Waals surface area contributed by atoms with Crippen molar-refractivity contribution in [2.75, 3.05) is 0 Å². The minimum Gasteiger partial charge on any atom is -0.309 e. The molecule has 1 aliphatic rings. The van der Waals surface area contributed by atoms with Crippen molar-refractivity contribution in [3.63, 3.8) is 0 Å². The fraction of sp³-hybridized carbons (Fsp3) is 0.375. The van der Waals surface area contributed by atoms with E-state index in [0.29, 0.717) is 43.3 Å². The van der Waals surface area contributed by atoms with E-state index in [4.69, 9.17) is 10.1 Å². The molecule has 9 heteroatoms. The normalized spacial score (nSPS) is 14.7. The first-order chi connectivity index (χ1) is 16.0. The van der Waals surface area contributed by atoms with E-state index in [0.717, 1.165) is 24.4 Å². The zero-order valence-electron chi connectivity index (χ0n) is 18.6. The van der Waals surface area contributed by atoms with Gasteiger partial charge < -0.3 is 4.98 Å². The Labute approximate surface area is 199 Å². The zero-order valence-corrected chi connectivity index (χ0v) is 20.3. The maximum absolute atomic E-state index is 12.7. The highest BCUT2D eigenvalue weighted by atomic mass is 32.2. The quantitative estimate of drug-likeness (QED) is 0.293. The molecular weight excluding hydrogens is 454 g/mol. The lowest BCUT2D eigenvalue weighted by atomic mass is 9.88. The number of aryl methyl sites for hydroxylation is 1. The number of aromatic amines is 1. The van der Waals surface area contributed by atoms with Crippen molar-refractivity contribution in [1.29, 1.82) is 0 Å². The van der Waals surface area contributed by atoms with Gasteiger partial charge in [0, 0.05) is 5.92 Å². The zero-order chi connectivity index (χ0) is 22.9. The predicted molar refractivity (Wildman–Crippen MR) is 132 cm³/mol. The first-order valence-electron chi connectivity index (χ1n) is 11.2. The Morgan fingerprint density at radius 1 is 1.18 bits per heavy atom. The van der Waals surface area contributed by atoms with Crippen LogP contribution >= 0.6 is 23.1 Å². The molecule has 3 heterocycles. The lowest BCUT2D eigenvalue weighted by molar-refractivity contribution is 0.102. The van der Waals surface area contributed by atoms with Crippen LogP contribution in [0, 0.1) is 6.92 Å². The fourth-order valence-corrected chi connectivity index (χ4v) is 6.27. The van der Waals surface area contributed by atoms with Gasteiger partial charge in [-0.15, -0.1) is 16.4 Å². The molecule has 5 rings (SSSR count). The summed E-state index contributed by atoms with van der Waals surface area (Å²) in [5.74, 6) is 2.38. The van der Waals surface area contributed by atoms with Gasteiger partial charge in [0.15, 0.2) is 5.78 Å². The number of hydrogen-bond acceptors (Lipinski definition) is 7. The average Bonchev–Trinajstić information content (AvgIpc) is 3.40. The van der Waals surface area contributed by atoms with Crippen LogP contribution in [-0.4, -0.2) is 30.5 Å². The Kier molecular flexibility index (Phi) is 6.16. The molecule has 0 unspecified atom stereocenters. The van der Waals surface area contributed by atoms with Gasteiger partial charge in [-0.1, -0.05) is 49.2 Å². The van der Waals surface area contributed by atoms with Crippen LogP contribution in [0.1, 0.15) is 71.8 Å². The molecule has 0 aliphatic heterocycles. The van der Waals surface area contributed by atoms with Crippen LogP contribution in [-0.2, 0) is 5.75 Å². The summed E-state index contributed by atoms with van der Waals surface area (Å²) in [5.41, 5.74) is 1.51. The van der Waals surface area contributed by atoms with Crippen molar-refractivity contribution in [2.24, 2.45) is 0 Å². The van der Waals surface area contributed by atoms with Gasteiger partial charge in [0.2, 0.25) is 5.16 Å². The van der Waals surface area contributed by atoms with Gasteiger partial charge in [0.05, 0.1) is 21.7 Å². The number of aromatic nitrogens is 5. The molecule has 0 atom stereocenters. The number of carbonyl (C=O) groups is 1. The van der Waals surface area contributed by atoms with Gasteiger partial charge in [-0.3, -0.25) is 9.59 Å². The minimum absolute atomic E-state index is 0.0447. The molecule has 0 bridgehead atoms. The van der Waals surface area contributed by atoms with Crippen LogP contribution in [0.25, 0.3) is 15.9 Å². The Hall–Kier alpha value is -2.78. The molecule has 1 aliphatic carbocycles. The van der Waals surface area contributed by atoms with Gasteiger partial charge in [-0.25, -0.2) is 14.6 Å². The number of hydrogen-bond donors (Lipinski definition) is 1. The maximum atomic E-state index is 12.7. The molecule has 1 aromatic carbocycles. The van der Waals surface area contributed by atoms with Crippen molar-refractivity contribution in [3.8, 4) is 5.69 Å². The number of H-pyrrole nitrogens is 1. The molecule has 3 aromatic heterocycles. The van der Waals surface area contributed by atoms with E-state index in [1.807, 2.05) is 35.0 Å². The Bertz CT molecular complexity index is 1370. The number of carbonyl (C=O) groups excluding carboxylic acids is 1. The van der Waals surface area contributed by atoms with Crippen molar-refractivity contribution in [1.82, 2.24) is 24.7 Å². The highest BCUT2D eigenvalue weighted by Gasteiger charge is 2.24. The number of Topliss-reactive ketones (excluding diaryl/α,β-unsaturated/α-hetero) is 1. The summed E-state index contributed by atoms with van der Waals surface area (Å²) in [6.45, 7) is 3.31. The Morgan fingerprint density at radius 3 is 2.67 bits per heavy atom. The summed E-state index contributed by atoms with van der Waals surface area (Å²) < 4.78 is 1.97. The number of rotatable bonds is 6. The second-order valence-electron chi connectivity index (χ2n) is 8.43. The van der Waals surface area contributed by atoms with Crippen LogP contribution in [0.15, 0.2) is 40.3 Å². The highest BCUT2D eigenvalue weighted by molar-refractivity contribution is 7.98. The Balaban J connectivity index is 1.44. The van der Waals surface area contributed by atoms with E-state index in [-0.39, 0.29) is 11.3 Å². The number of thioether (sulfide) groups is 1. The molecule has 33 heavy (non-hydrogen) atoms. The van der Waals surface area contributed by atoms with E-state index in [2.05, 4.69) is 9.97 Å². The summed E-state index contributed by atoms with van der Waals surface area (Å²) in [6.07, 6.45) is 6.01. The fourth-order valence-electron chi connectivity index (χ4n) is 4.48. The van der Waals surface area contributed by atoms with Gasteiger partial charge in [-0.2, -0.15) is 0 Å². The smallest absolute Gasteiger partial charge is 0.259 e. The van der Waals surface area contributed by atoms with E-state index < -0.39 is 0 Å². The van der Waals surface area contributed by atoms with Crippen molar-refractivity contribution < 1.29 is 4.79 Å². The van der Waals surface area contributed by atoms with Gasteiger partial charge in [-0.05, 0) is 44.4 Å². The third-order valence-electron chi connectivity index (χ3n) is 6.09. The molecule has 170 valence electrons. The van der Waals surface area contributed by atoms with Crippen LogP contribution in [0.2, 0.25) is 0 Å². The number of thiophene rings is 1. The van der Waals surface area contributed by atoms with Crippen LogP contribution < -0.4 is 5.56 Å². The Morgan fingerprint density at radius 2 is 1.94 bits per heavy atom. The SMILES string of the molecule is CC(=O)c1sc2nc(CSc3nc(C4CCCCC4)n(-c4ccccc4)n3)[nH]c(=O)c2c1C. The number of nitrogens with one attached hydrogen (secondary N) is 1. The lowest BCUT2D eigenvalue weighted by Gasteiger charge is -2.21. The highest BCUT2D eigenvalue weighted by Crippen LogP contribution is 2.34. The summed E-state index contributed by atoms with van der Waals surface area (Å²) in [6, 6.07) is 10.1. The molecule has 0 amide bonds. The third-order valence-corrected chi connectivity index (χ3v) is 8.23. The maximum Gasteiger partial charge on any atom is 0.259 e. The van der Waals surface area contributed by atoms with Gasteiger partial charge >= 0.3 is 0 Å². The summed E-state index contributed by atoms with van der Waals surface area (Å²) in [4.78, 5) is 38.1. The van der Waals surface area contributed by atoms with E-state index in [1.54, 1.807) is 6.92 Å². The van der Waals surface area contributed by atoms with Crippen molar-refractivity contribution >= 4 is 39.1 Å². The molecule has 1 fully saturated rings. The van der Waals surface area contributed by atoms with Gasteiger partial charge in [0.1, 0.15) is 16.5 Å². The van der Waals surface area contributed by atoms with Crippen LogP contribution in [0.3, 0.4) is 0 Å². The predicted octanol–water partition coefficient (Wildman–Crippen LogP) is 5.42. The second kappa shape index (κ2) is 9.23. The van der Waals surface area contributed by atoms with Crippen LogP contribution in [0.5, 0.6) is 0 Å². The molecule has 0 saturated heterocycles. The second-order valence-corrected chi connectivity index (χ2v) is 10.4. The van der Waals surface area contributed by atoms with E-state index in [1.165, 1.54) is 49.3 Å². The van der Waals surface area contributed by atoms with E-state index >= 15 is 0 Å². The molecule has 1 N–H and O–H groups in total. The standard InChI is InChI=1S/C24H25N5O2S2/c1-14-19-22(31)25-18(26-23(19)33-20(14)15(2)30)13-32-24-27-21(16-9-5-3-6-10-16)29(28-24)17-11-7-4-8-12-17/h4,7-8,11-12,16H,3,5-6,9-10,13H2,1-2H3,(H,25,26,31). The minimum atomic E-state index is -0.206. The average molecular weight is 480 g/mol. The van der Waals surface area contributed by atoms with Crippen molar-refractivity contribution in [2.45, 2.75) is 62.8 Å². The molecule has 7 nitrogen and oxygen atoms in total. The first kappa shape index (κ1) is 22.0.